The lowest BCUT2D eigenvalue weighted by atomic mass is 9.93. The van der Waals surface area contributed by atoms with Gasteiger partial charge in [-0.2, -0.15) is 0 Å². The van der Waals surface area contributed by atoms with E-state index in [1.807, 2.05) is 0 Å². The Labute approximate surface area is 135 Å². The van der Waals surface area contributed by atoms with Crippen LogP contribution in [-0.4, -0.2) is 6.66 Å². The van der Waals surface area contributed by atoms with Gasteiger partial charge in [0.15, 0.2) is 0 Å². The number of benzene rings is 2. The predicted molar refractivity (Wildman–Crippen MR) is 101 cm³/mol. The summed E-state index contributed by atoms with van der Waals surface area (Å²) in [6, 6.07) is 17.8. The molecule has 0 radical (unpaired) electrons. The van der Waals surface area contributed by atoms with Crippen LogP contribution in [0.3, 0.4) is 0 Å². The molecule has 0 N–H and O–H groups in total. The largest absolute Gasteiger partial charge is 0.0842 e. The zero-order valence-corrected chi connectivity index (χ0v) is 14.5. The van der Waals surface area contributed by atoms with Crippen molar-refractivity contribution in [1.82, 2.24) is 0 Å². The van der Waals surface area contributed by atoms with Crippen molar-refractivity contribution in [1.29, 1.82) is 0 Å². The molecule has 1 heteroatoms. The Morgan fingerprint density at radius 3 is 2.18 bits per heavy atom. The van der Waals surface area contributed by atoms with E-state index in [0.29, 0.717) is 0 Å². The molecule has 0 aliphatic carbocycles. The van der Waals surface area contributed by atoms with Crippen LogP contribution in [0.2, 0.25) is 0 Å². The minimum Gasteiger partial charge on any atom is -0.0842 e. The summed E-state index contributed by atoms with van der Waals surface area (Å²) in [6.45, 7) is 6.90. The SMILES string of the molecule is CCC=CC1=C(CC)c2ccccc2-c2ccccc2P1C. The van der Waals surface area contributed by atoms with Crippen molar-refractivity contribution in [3.8, 4) is 11.1 Å². The van der Waals surface area contributed by atoms with E-state index in [9.17, 15) is 0 Å². The first kappa shape index (κ1) is 15.3. The maximum Gasteiger partial charge on any atom is -0.00976 e. The third-order valence-corrected chi connectivity index (χ3v) is 6.60. The van der Waals surface area contributed by atoms with Crippen LogP contribution < -0.4 is 5.30 Å². The van der Waals surface area contributed by atoms with Gasteiger partial charge in [0.1, 0.15) is 0 Å². The molecule has 2 aromatic carbocycles. The molecule has 0 nitrogen and oxygen atoms in total. The fourth-order valence-corrected chi connectivity index (χ4v) is 5.40. The lowest BCUT2D eigenvalue weighted by molar-refractivity contribution is 1.21. The Hall–Kier alpha value is -1.65. The summed E-state index contributed by atoms with van der Waals surface area (Å²) in [5, 5.41) is 3.04. The van der Waals surface area contributed by atoms with Gasteiger partial charge in [-0.25, -0.2) is 0 Å². The lowest BCUT2D eigenvalue weighted by Crippen LogP contribution is -2.03. The highest BCUT2D eigenvalue weighted by Crippen LogP contribution is 2.51. The molecule has 1 heterocycles. The smallest absolute Gasteiger partial charge is 0.00976 e. The van der Waals surface area contributed by atoms with E-state index in [0.717, 1.165) is 12.8 Å². The Balaban J connectivity index is 2.35. The monoisotopic (exact) mass is 306 g/mol. The number of fused-ring (bicyclic) bond motifs is 3. The van der Waals surface area contributed by atoms with E-state index in [4.69, 9.17) is 0 Å². The molecule has 1 aliphatic rings. The predicted octanol–water partition coefficient (Wildman–Crippen LogP) is 6.19. The quantitative estimate of drug-likeness (QED) is 0.593. The molecule has 22 heavy (non-hydrogen) atoms. The number of hydrogen-bond donors (Lipinski definition) is 0. The van der Waals surface area contributed by atoms with Crippen LogP contribution >= 0.6 is 7.92 Å². The molecule has 1 unspecified atom stereocenters. The van der Waals surface area contributed by atoms with E-state index in [1.165, 1.54) is 32.9 Å². The fraction of sp³-hybridized carbons (Fsp3) is 0.238. The first-order valence-corrected chi connectivity index (χ1v) is 9.89. The van der Waals surface area contributed by atoms with E-state index < -0.39 is 0 Å². The minimum atomic E-state index is -0.308. The molecule has 3 rings (SSSR count). The molecule has 0 saturated heterocycles. The Morgan fingerprint density at radius 1 is 0.864 bits per heavy atom. The average molecular weight is 306 g/mol. The van der Waals surface area contributed by atoms with Gasteiger partial charge in [-0.15, -0.1) is 0 Å². The maximum atomic E-state index is 2.41. The average Bonchev–Trinajstić information content (AvgIpc) is 2.67. The first-order valence-electron chi connectivity index (χ1n) is 8.10. The van der Waals surface area contributed by atoms with E-state index in [1.54, 1.807) is 0 Å². The van der Waals surface area contributed by atoms with Gasteiger partial charge in [-0.05, 0) is 60.3 Å². The fourth-order valence-electron chi connectivity index (χ4n) is 3.26. The zero-order chi connectivity index (χ0) is 15.5. The topological polar surface area (TPSA) is 0 Å². The third kappa shape index (κ3) is 2.57. The normalized spacial score (nSPS) is 17.3. The summed E-state index contributed by atoms with van der Waals surface area (Å²) < 4.78 is 0. The first-order chi connectivity index (χ1) is 10.8. The molecule has 0 fully saturated rings. The van der Waals surface area contributed by atoms with Crippen molar-refractivity contribution in [3.63, 3.8) is 0 Å². The summed E-state index contributed by atoms with van der Waals surface area (Å²) in [5.41, 5.74) is 5.74. The maximum absolute atomic E-state index is 2.41. The van der Waals surface area contributed by atoms with Crippen molar-refractivity contribution in [2.24, 2.45) is 0 Å². The lowest BCUT2D eigenvalue weighted by Gasteiger charge is -2.17. The van der Waals surface area contributed by atoms with Gasteiger partial charge in [-0.3, -0.25) is 0 Å². The highest BCUT2D eigenvalue weighted by molar-refractivity contribution is 7.69. The van der Waals surface area contributed by atoms with Gasteiger partial charge in [0.25, 0.3) is 0 Å². The van der Waals surface area contributed by atoms with Gasteiger partial charge in [-0.1, -0.05) is 74.5 Å². The van der Waals surface area contributed by atoms with Crippen LogP contribution in [-0.2, 0) is 0 Å². The number of hydrogen-bond acceptors (Lipinski definition) is 0. The van der Waals surface area contributed by atoms with Crippen LogP contribution in [0.4, 0.5) is 0 Å². The van der Waals surface area contributed by atoms with Gasteiger partial charge in [0.05, 0.1) is 0 Å². The van der Waals surface area contributed by atoms with Crippen LogP contribution in [0.5, 0.6) is 0 Å². The van der Waals surface area contributed by atoms with E-state index >= 15 is 0 Å². The summed E-state index contributed by atoms with van der Waals surface area (Å²) in [6.07, 6.45) is 6.86. The second kappa shape index (κ2) is 6.63. The molecule has 0 bridgehead atoms. The molecular weight excluding hydrogens is 283 g/mol. The second-order valence-corrected chi connectivity index (χ2v) is 7.73. The van der Waals surface area contributed by atoms with Gasteiger partial charge in [0.2, 0.25) is 0 Å². The summed E-state index contributed by atoms with van der Waals surface area (Å²) in [4.78, 5) is 0. The molecular formula is C21H23P. The molecule has 0 spiro atoms. The molecule has 112 valence electrons. The van der Waals surface area contributed by atoms with Crippen molar-refractivity contribution < 1.29 is 0 Å². The van der Waals surface area contributed by atoms with Gasteiger partial charge >= 0.3 is 0 Å². The van der Waals surface area contributed by atoms with Gasteiger partial charge < -0.3 is 0 Å². The molecule has 1 aliphatic heterocycles. The number of allylic oxidation sites excluding steroid dienone is 4. The van der Waals surface area contributed by atoms with Crippen LogP contribution in [0.1, 0.15) is 32.3 Å². The Morgan fingerprint density at radius 2 is 1.50 bits per heavy atom. The Kier molecular flexibility index (Phi) is 4.60. The van der Waals surface area contributed by atoms with Crippen LogP contribution in [0.25, 0.3) is 16.7 Å². The van der Waals surface area contributed by atoms with Crippen molar-refractivity contribution in [3.05, 3.63) is 71.6 Å². The summed E-state index contributed by atoms with van der Waals surface area (Å²) in [7, 11) is -0.308. The molecule has 2 aromatic rings. The standard InChI is InChI=1S/C21H23P/c1-4-6-14-20-16(5-2)17-11-7-8-12-18(17)19-13-9-10-15-21(19)22(20)3/h6-15H,4-5H2,1-3H3. The minimum absolute atomic E-state index is 0.308. The van der Waals surface area contributed by atoms with Crippen LogP contribution in [0, 0.1) is 0 Å². The third-order valence-electron chi connectivity index (χ3n) is 4.34. The molecule has 0 saturated carbocycles. The van der Waals surface area contributed by atoms with E-state index in [-0.39, 0.29) is 7.92 Å². The zero-order valence-electron chi connectivity index (χ0n) is 13.6. The Bertz CT molecular complexity index is 737. The summed E-state index contributed by atoms with van der Waals surface area (Å²) in [5.74, 6) is 0. The van der Waals surface area contributed by atoms with Gasteiger partial charge in [0, 0.05) is 0 Å². The molecule has 1 atom stereocenters. The van der Waals surface area contributed by atoms with E-state index in [2.05, 4.69) is 81.2 Å². The number of rotatable bonds is 3. The molecule has 0 amide bonds. The summed E-state index contributed by atoms with van der Waals surface area (Å²) >= 11 is 0. The highest BCUT2D eigenvalue weighted by Gasteiger charge is 2.23. The molecule has 0 aromatic heterocycles. The van der Waals surface area contributed by atoms with Crippen LogP contribution in [0.15, 0.2) is 66.0 Å². The van der Waals surface area contributed by atoms with Crippen molar-refractivity contribution in [2.45, 2.75) is 26.7 Å². The second-order valence-electron chi connectivity index (χ2n) is 5.65. The van der Waals surface area contributed by atoms with Crippen molar-refractivity contribution in [2.75, 3.05) is 6.66 Å². The van der Waals surface area contributed by atoms with Crippen molar-refractivity contribution >= 4 is 18.8 Å². The highest BCUT2D eigenvalue weighted by atomic mass is 31.1.